The van der Waals surface area contributed by atoms with E-state index in [2.05, 4.69) is 0 Å². The summed E-state index contributed by atoms with van der Waals surface area (Å²) in [6.45, 7) is 1.41. The van der Waals surface area contributed by atoms with Crippen LogP contribution in [0.1, 0.15) is 11.1 Å². The second-order valence-corrected chi connectivity index (χ2v) is 4.34. The lowest BCUT2D eigenvalue weighted by Gasteiger charge is -2.08. The summed E-state index contributed by atoms with van der Waals surface area (Å²) in [5, 5.41) is 0. The van der Waals surface area contributed by atoms with E-state index >= 15 is 0 Å². The molecule has 0 spiro atoms. The highest BCUT2D eigenvalue weighted by Gasteiger charge is 2.03. The van der Waals surface area contributed by atoms with E-state index in [1.54, 1.807) is 6.07 Å². The second-order valence-electron chi connectivity index (χ2n) is 4.34. The molecule has 0 heterocycles. The fraction of sp³-hybridized carbons (Fsp3) is 0.250. The largest absolute Gasteiger partial charge is 0.491 e. The Labute approximate surface area is 118 Å². The molecule has 0 saturated carbocycles. The van der Waals surface area contributed by atoms with Crippen molar-refractivity contribution in [1.82, 2.24) is 0 Å². The van der Waals surface area contributed by atoms with E-state index < -0.39 is 0 Å². The lowest BCUT2D eigenvalue weighted by atomic mass is 10.1. The third-order valence-corrected chi connectivity index (χ3v) is 2.85. The van der Waals surface area contributed by atoms with Gasteiger partial charge in [0.05, 0.1) is 13.2 Å². The predicted molar refractivity (Wildman–Crippen MR) is 75.9 cm³/mol. The molecule has 0 bridgehead atoms. The van der Waals surface area contributed by atoms with Crippen LogP contribution < -0.4 is 10.5 Å². The Morgan fingerprint density at radius 2 is 1.80 bits per heavy atom. The van der Waals surface area contributed by atoms with Gasteiger partial charge < -0.3 is 15.2 Å². The smallest absolute Gasteiger partial charge is 0.129 e. The molecule has 0 atom stereocenters. The van der Waals surface area contributed by atoms with Gasteiger partial charge in [0, 0.05) is 12.1 Å². The Bertz CT molecular complexity index is 531. The number of hydrogen-bond donors (Lipinski definition) is 1. The van der Waals surface area contributed by atoms with Gasteiger partial charge in [-0.05, 0) is 23.8 Å². The molecule has 0 fully saturated rings. The number of para-hydroxylation sites is 1. The van der Waals surface area contributed by atoms with E-state index in [9.17, 15) is 4.39 Å². The van der Waals surface area contributed by atoms with Gasteiger partial charge in [-0.25, -0.2) is 4.39 Å². The van der Waals surface area contributed by atoms with Gasteiger partial charge in [-0.15, -0.1) is 0 Å². The van der Waals surface area contributed by atoms with E-state index in [0.29, 0.717) is 25.3 Å². The first-order valence-corrected chi connectivity index (χ1v) is 6.52. The summed E-state index contributed by atoms with van der Waals surface area (Å²) in [6, 6.07) is 14.5. The minimum atomic E-state index is -0.281. The number of rotatable bonds is 7. The zero-order chi connectivity index (χ0) is 14.2. The maximum absolute atomic E-state index is 13.6. The highest BCUT2D eigenvalue weighted by atomic mass is 19.1. The van der Waals surface area contributed by atoms with Gasteiger partial charge in [-0.3, -0.25) is 0 Å². The topological polar surface area (TPSA) is 44.5 Å². The summed E-state index contributed by atoms with van der Waals surface area (Å²) >= 11 is 0. The molecule has 0 radical (unpaired) electrons. The van der Waals surface area contributed by atoms with E-state index in [1.807, 2.05) is 36.4 Å². The molecule has 0 saturated heterocycles. The van der Waals surface area contributed by atoms with Crippen LogP contribution in [0.2, 0.25) is 0 Å². The molecular weight excluding hydrogens is 257 g/mol. The number of halogens is 1. The number of hydrogen-bond acceptors (Lipinski definition) is 3. The third-order valence-electron chi connectivity index (χ3n) is 2.85. The minimum Gasteiger partial charge on any atom is -0.491 e. The van der Waals surface area contributed by atoms with Gasteiger partial charge in [0.1, 0.15) is 18.2 Å². The molecule has 2 aromatic carbocycles. The standard InChI is InChI=1S/C16H18FNO2/c17-16-10-13(11-18)6-7-14(16)12-19-8-9-20-15-4-2-1-3-5-15/h1-7,10H,8-9,11-12,18H2. The van der Waals surface area contributed by atoms with Crippen LogP contribution in [0.5, 0.6) is 5.75 Å². The molecule has 106 valence electrons. The van der Waals surface area contributed by atoms with Crippen LogP contribution in [0.3, 0.4) is 0 Å². The maximum atomic E-state index is 13.6. The third kappa shape index (κ3) is 4.33. The van der Waals surface area contributed by atoms with E-state index in [1.165, 1.54) is 6.07 Å². The Morgan fingerprint density at radius 1 is 1.00 bits per heavy atom. The fourth-order valence-corrected chi connectivity index (χ4v) is 1.75. The monoisotopic (exact) mass is 275 g/mol. The number of nitrogens with two attached hydrogens (primary N) is 1. The first kappa shape index (κ1) is 14.5. The molecule has 3 nitrogen and oxygen atoms in total. The van der Waals surface area contributed by atoms with E-state index in [-0.39, 0.29) is 12.4 Å². The first-order chi connectivity index (χ1) is 9.79. The maximum Gasteiger partial charge on any atom is 0.129 e. The van der Waals surface area contributed by atoms with Crippen molar-refractivity contribution in [2.75, 3.05) is 13.2 Å². The molecule has 20 heavy (non-hydrogen) atoms. The summed E-state index contributed by atoms with van der Waals surface area (Å²) in [5.74, 6) is 0.520. The lowest BCUT2D eigenvalue weighted by Crippen LogP contribution is -2.07. The fourth-order valence-electron chi connectivity index (χ4n) is 1.75. The molecule has 0 aromatic heterocycles. The van der Waals surface area contributed by atoms with Gasteiger partial charge in [0.2, 0.25) is 0 Å². The molecule has 0 aliphatic heterocycles. The van der Waals surface area contributed by atoms with Gasteiger partial charge in [-0.2, -0.15) is 0 Å². The molecule has 2 rings (SSSR count). The lowest BCUT2D eigenvalue weighted by molar-refractivity contribution is 0.0872. The van der Waals surface area contributed by atoms with E-state index in [0.717, 1.165) is 11.3 Å². The van der Waals surface area contributed by atoms with Crippen molar-refractivity contribution in [3.63, 3.8) is 0 Å². The van der Waals surface area contributed by atoms with Gasteiger partial charge in [-0.1, -0.05) is 30.3 Å². The SMILES string of the molecule is NCc1ccc(COCCOc2ccccc2)c(F)c1. The molecule has 0 aliphatic rings. The van der Waals surface area contributed by atoms with E-state index in [4.69, 9.17) is 15.2 Å². The molecule has 4 heteroatoms. The van der Waals surface area contributed by atoms with Crippen LogP contribution >= 0.6 is 0 Å². The van der Waals surface area contributed by atoms with Crippen LogP contribution in [-0.2, 0) is 17.9 Å². The minimum absolute atomic E-state index is 0.231. The summed E-state index contributed by atoms with van der Waals surface area (Å²) in [5.41, 5.74) is 6.76. The molecule has 0 unspecified atom stereocenters. The molecule has 0 aliphatic carbocycles. The highest BCUT2D eigenvalue weighted by molar-refractivity contribution is 5.24. The molecule has 2 aromatic rings. The Morgan fingerprint density at radius 3 is 2.50 bits per heavy atom. The van der Waals surface area contributed by atoms with Crippen molar-refractivity contribution >= 4 is 0 Å². The quantitative estimate of drug-likeness (QED) is 0.790. The van der Waals surface area contributed by atoms with Crippen molar-refractivity contribution in [3.05, 3.63) is 65.5 Å². The Hall–Kier alpha value is -1.91. The van der Waals surface area contributed by atoms with Crippen LogP contribution in [0.25, 0.3) is 0 Å². The Kier molecular flexibility index (Phi) is 5.53. The predicted octanol–water partition coefficient (Wildman–Crippen LogP) is 2.88. The number of ether oxygens (including phenoxy) is 2. The zero-order valence-corrected chi connectivity index (χ0v) is 11.2. The van der Waals surface area contributed by atoms with Crippen LogP contribution in [0.4, 0.5) is 4.39 Å². The van der Waals surface area contributed by atoms with Crippen molar-refractivity contribution in [1.29, 1.82) is 0 Å². The van der Waals surface area contributed by atoms with Crippen molar-refractivity contribution in [3.8, 4) is 5.75 Å². The summed E-state index contributed by atoms with van der Waals surface area (Å²) in [6.07, 6.45) is 0. The van der Waals surface area contributed by atoms with Crippen LogP contribution in [0.15, 0.2) is 48.5 Å². The summed E-state index contributed by atoms with van der Waals surface area (Å²) < 4.78 is 24.5. The molecule has 0 amide bonds. The average Bonchev–Trinajstić information content (AvgIpc) is 2.49. The van der Waals surface area contributed by atoms with Crippen LogP contribution in [0, 0.1) is 5.82 Å². The second kappa shape index (κ2) is 7.62. The number of benzene rings is 2. The summed E-state index contributed by atoms with van der Waals surface area (Å²) in [4.78, 5) is 0. The van der Waals surface area contributed by atoms with Crippen LogP contribution in [-0.4, -0.2) is 13.2 Å². The summed E-state index contributed by atoms with van der Waals surface area (Å²) in [7, 11) is 0. The Balaban J connectivity index is 1.71. The van der Waals surface area contributed by atoms with Crippen molar-refractivity contribution in [2.24, 2.45) is 5.73 Å². The molecular formula is C16H18FNO2. The normalized spacial score (nSPS) is 10.5. The highest BCUT2D eigenvalue weighted by Crippen LogP contribution is 2.12. The zero-order valence-electron chi connectivity index (χ0n) is 11.2. The average molecular weight is 275 g/mol. The van der Waals surface area contributed by atoms with Crippen molar-refractivity contribution < 1.29 is 13.9 Å². The van der Waals surface area contributed by atoms with Gasteiger partial charge in [0.15, 0.2) is 0 Å². The molecule has 2 N–H and O–H groups in total. The van der Waals surface area contributed by atoms with Crippen molar-refractivity contribution in [2.45, 2.75) is 13.2 Å². The first-order valence-electron chi connectivity index (χ1n) is 6.52. The van der Waals surface area contributed by atoms with Gasteiger partial charge in [0.25, 0.3) is 0 Å². The van der Waals surface area contributed by atoms with Gasteiger partial charge >= 0.3 is 0 Å².